The van der Waals surface area contributed by atoms with Crippen LogP contribution in [0.1, 0.15) is 25.8 Å². The largest absolute Gasteiger partial charge is 0.493 e. The Bertz CT molecular complexity index is 970. The lowest BCUT2D eigenvalue weighted by Gasteiger charge is -2.13. The highest BCUT2D eigenvalue weighted by Gasteiger charge is 2.29. The minimum Gasteiger partial charge on any atom is -0.493 e. The summed E-state index contributed by atoms with van der Waals surface area (Å²) >= 11 is 12.0. The van der Waals surface area contributed by atoms with Crippen LogP contribution in [0.2, 0.25) is 10.0 Å². The van der Waals surface area contributed by atoms with Crippen LogP contribution in [0.25, 0.3) is 6.08 Å². The first-order chi connectivity index (χ1) is 13.4. The molecule has 1 aliphatic rings. The standard InChI is InChI=1S/C21H20Cl2N2O3/c1-4-9-28-19-8-5-14(11-20(19)27-3)10-16-13(2)24-25(21(16)26)15-6-7-17(22)18(23)12-15/h5-8,10-12H,4,9H2,1-3H3/b16-10+. The van der Waals surface area contributed by atoms with E-state index in [-0.39, 0.29) is 5.91 Å². The van der Waals surface area contributed by atoms with E-state index in [0.29, 0.717) is 45.1 Å². The van der Waals surface area contributed by atoms with Gasteiger partial charge in [0.15, 0.2) is 11.5 Å². The van der Waals surface area contributed by atoms with Gasteiger partial charge in [-0.3, -0.25) is 4.79 Å². The molecule has 0 saturated carbocycles. The topological polar surface area (TPSA) is 51.1 Å². The molecule has 1 aliphatic heterocycles. The number of carbonyl (C=O) groups excluding carboxylic acids is 1. The van der Waals surface area contributed by atoms with Crippen molar-refractivity contribution in [2.75, 3.05) is 18.7 Å². The van der Waals surface area contributed by atoms with Crippen LogP contribution in [0.15, 0.2) is 47.1 Å². The number of hydrogen-bond acceptors (Lipinski definition) is 4. The number of carbonyl (C=O) groups is 1. The number of nitrogens with zero attached hydrogens (tertiary/aromatic N) is 2. The molecule has 0 atom stereocenters. The second-order valence-electron chi connectivity index (χ2n) is 6.22. The Morgan fingerprint density at radius 3 is 2.57 bits per heavy atom. The summed E-state index contributed by atoms with van der Waals surface area (Å²) in [4.78, 5) is 12.9. The summed E-state index contributed by atoms with van der Waals surface area (Å²) in [5, 5.41) is 6.47. The smallest absolute Gasteiger partial charge is 0.280 e. The molecule has 2 aromatic rings. The zero-order chi connectivity index (χ0) is 20.3. The Balaban J connectivity index is 1.89. The van der Waals surface area contributed by atoms with Crippen LogP contribution >= 0.6 is 23.2 Å². The lowest BCUT2D eigenvalue weighted by atomic mass is 10.1. The van der Waals surface area contributed by atoms with Crippen molar-refractivity contribution in [3.8, 4) is 11.5 Å². The van der Waals surface area contributed by atoms with Gasteiger partial charge in [0.2, 0.25) is 0 Å². The summed E-state index contributed by atoms with van der Waals surface area (Å²) in [5.41, 5.74) is 2.48. The van der Waals surface area contributed by atoms with Gasteiger partial charge in [-0.25, -0.2) is 0 Å². The maximum Gasteiger partial charge on any atom is 0.280 e. The lowest BCUT2D eigenvalue weighted by molar-refractivity contribution is -0.114. The molecular formula is C21H20Cl2N2O3. The van der Waals surface area contributed by atoms with Crippen molar-refractivity contribution in [3.63, 3.8) is 0 Å². The van der Waals surface area contributed by atoms with Gasteiger partial charge in [-0.15, -0.1) is 0 Å². The average molecular weight is 419 g/mol. The maximum absolute atomic E-state index is 12.9. The molecule has 3 rings (SSSR count). The molecule has 28 heavy (non-hydrogen) atoms. The number of ether oxygens (including phenoxy) is 2. The maximum atomic E-state index is 12.9. The molecule has 0 N–H and O–H groups in total. The molecule has 146 valence electrons. The molecule has 0 fully saturated rings. The van der Waals surface area contributed by atoms with Gasteiger partial charge in [0.05, 0.1) is 40.7 Å². The fourth-order valence-electron chi connectivity index (χ4n) is 2.75. The minimum atomic E-state index is -0.235. The molecule has 0 radical (unpaired) electrons. The zero-order valence-corrected chi connectivity index (χ0v) is 17.3. The predicted molar refractivity (Wildman–Crippen MR) is 114 cm³/mol. The molecule has 1 amide bonds. The van der Waals surface area contributed by atoms with Crippen LogP contribution < -0.4 is 14.5 Å². The number of halogens is 2. The van der Waals surface area contributed by atoms with E-state index in [1.54, 1.807) is 38.3 Å². The summed E-state index contributed by atoms with van der Waals surface area (Å²) in [7, 11) is 1.59. The summed E-state index contributed by atoms with van der Waals surface area (Å²) in [5.74, 6) is 1.05. The van der Waals surface area contributed by atoms with Crippen LogP contribution in [0.4, 0.5) is 5.69 Å². The van der Waals surface area contributed by atoms with Gasteiger partial charge in [0.25, 0.3) is 5.91 Å². The van der Waals surface area contributed by atoms with Gasteiger partial charge in [-0.05, 0) is 55.3 Å². The number of hydrogen-bond donors (Lipinski definition) is 0. The average Bonchev–Trinajstić information content (AvgIpc) is 2.97. The molecule has 0 saturated heterocycles. The first-order valence-electron chi connectivity index (χ1n) is 8.82. The van der Waals surface area contributed by atoms with E-state index in [0.717, 1.165) is 12.0 Å². The molecule has 0 unspecified atom stereocenters. The van der Waals surface area contributed by atoms with E-state index in [2.05, 4.69) is 5.10 Å². The number of hydrazone groups is 1. The van der Waals surface area contributed by atoms with E-state index >= 15 is 0 Å². The molecule has 7 heteroatoms. The van der Waals surface area contributed by atoms with E-state index in [9.17, 15) is 4.79 Å². The summed E-state index contributed by atoms with van der Waals surface area (Å²) in [6.45, 7) is 4.44. The molecule has 5 nitrogen and oxygen atoms in total. The highest BCUT2D eigenvalue weighted by molar-refractivity contribution is 6.42. The van der Waals surface area contributed by atoms with Gasteiger partial charge < -0.3 is 9.47 Å². The first-order valence-corrected chi connectivity index (χ1v) is 9.57. The van der Waals surface area contributed by atoms with Gasteiger partial charge in [-0.1, -0.05) is 36.2 Å². The van der Waals surface area contributed by atoms with E-state index in [4.69, 9.17) is 32.7 Å². The van der Waals surface area contributed by atoms with Crippen molar-refractivity contribution in [2.24, 2.45) is 5.10 Å². The molecular weight excluding hydrogens is 399 g/mol. The second kappa shape index (κ2) is 8.67. The van der Waals surface area contributed by atoms with Crippen molar-refractivity contribution in [3.05, 3.63) is 57.6 Å². The molecule has 1 heterocycles. The number of amides is 1. The quantitative estimate of drug-likeness (QED) is 0.573. The van der Waals surface area contributed by atoms with Crippen molar-refractivity contribution >= 4 is 46.6 Å². The monoisotopic (exact) mass is 418 g/mol. The van der Waals surface area contributed by atoms with Crippen molar-refractivity contribution in [2.45, 2.75) is 20.3 Å². The normalized spacial score (nSPS) is 15.2. The Kier molecular flexibility index (Phi) is 6.27. The zero-order valence-electron chi connectivity index (χ0n) is 15.8. The highest BCUT2D eigenvalue weighted by atomic mass is 35.5. The molecule has 2 aromatic carbocycles. The Morgan fingerprint density at radius 2 is 1.89 bits per heavy atom. The Hall–Kier alpha value is -2.50. The molecule has 0 aromatic heterocycles. The van der Waals surface area contributed by atoms with Gasteiger partial charge >= 0.3 is 0 Å². The summed E-state index contributed by atoms with van der Waals surface area (Å²) in [6.07, 6.45) is 2.69. The van der Waals surface area contributed by atoms with E-state index < -0.39 is 0 Å². The minimum absolute atomic E-state index is 0.235. The van der Waals surface area contributed by atoms with Crippen LogP contribution in [-0.4, -0.2) is 25.3 Å². The van der Waals surface area contributed by atoms with E-state index in [1.165, 1.54) is 5.01 Å². The number of methoxy groups -OCH3 is 1. The van der Waals surface area contributed by atoms with Crippen LogP contribution in [0.3, 0.4) is 0 Å². The van der Waals surface area contributed by atoms with Crippen LogP contribution in [-0.2, 0) is 4.79 Å². The molecule has 0 bridgehead atoms. The Labute approximate surface area is 174 Å². The van der Waals surface area contributed by atoms with Gasteiger partial charge in [0, 0.05) is 0 Å². The first kappa shape index (κ1) is 20.2. The number of rotatable bonds is 6. The summed E-state index contributed by atoms with van der Waals surface area (Å²) in [6, 6.07) is 10.5. The second-order valence-corrected chi connectivity index (χ2v) is 7.03. The predicted octanol–water partition coefficient (Wildman–Crippen LogP) is 5.60. The van der Waals surface area contributed by atoms with Crippen LogP contribution in [0.5, 0.6) is 11.5 Å². The fraction of sp³-hybridized carbons (Fsp3) is 0.238. The van der Waals surface area contributed by atoms with Crippen LogP contribution in [0, 0.1) is 0 Å². The molecule has 0 aliphatic carbocycles. The van der Waals surface area contributed by atoms with Crippen molar-refractivity contribution in [1.82, 2.24) is 0 Å². The van der Waals surface area contributed by atoms with Gasteiger partial charge in [0.1, 0.15) is 0 Å². The number of benzene rings is 2. The third kappa shape index (κ3) is 4.16. The SMILES string of the molecule is CCCOc1ccc(/C=C2/C(=O)N(c3ccc(Cl)c(Cl)c3)N=C2C)cc1OC. The fourth-order valence-corrected chi connectivity index (χ4v) is 3.04. The third-order valence-corrected chi connectivity index (χ3v) is 4.91. The van der Waals surface area contributed by atoms with Crippen molar-refractivity contribution in [1.29, 1.82) is 0 Å². The number of anilines is 1. The van der Waals surface area contributed by atoms with Crippen molar-refractivity contribution < 1.29 is 14.3 Å². The third-order valence-electron chi connectivity index (χ3n) is 4.17. The van der Waals surface area contributed by atoms with Gasteiger partial charge in [-0.2, -0.15) is 10.1 Å². The lowest BCUT2D eigenvalue weighted by Crippen LogP contribution is -2.21. The Morgan fingerprint density at radius 1 is 1.11 bits per heavy atom. The molecule has 0 spiro atoms. The summed E-state index contributed by atoms with van der Waals surface area (Å²) < 4.78 is 11.1. The highest BCUT2D eigenvalue weighted by Crippen LogP contribution is 2.32. The van der Waals surface area contributed by atoms with E-state index in [1.807, 2.05) is 25.1 Å².